The first-order chi connectivity index (χ1) is 6.35. The molecule has 1 aromatic rings. The van der Waals surface area contributed by atoms with E-state index in [0.717, 1.165) is 13.0 Å². The van der Waals surface area contributed by atoms with Gasteiger partial charge in [0.2, 0.25) is 0 Å². The van der Waals surface area contributed by atoms with Gasteiger partial charge in [0.05, 0.1) is 6.07 Å². The molecule has 0 aliphatic heterocycles. The molecule has 0 spiro atoms. The first-order valence-electron chi connectivity index (χ1n) is 3.63. The van der Waals surface area contributed by atoms with Crippen molar-refractivity contribution in [3.63, 3.8) is 0 Å². The van der Waals surface area contributed by atoms with Gasteiger partial charge in [-0.1, -0.05) is 5.10 Å². The van der Waals surface area contributed by atoms with Gasteiger partial charge < -0.3 is 15.8 Å². The SMILES string of the molecule is CC(N)(c1cc([N+](=O)[O-])[nH]n1)C(F)F. The van der Waals surface area contributed by atoms with E-state index in [-0.39, 0.29) is 5.69 Å². The molecule has 8 heteroatoms. The highest BCUT2D eigenvalue weighted by atomic mass is 19.3. The Morgan fingerprint density at radius 1 is 1.79 bits per heavy atom. The van der Waals surface area contributed by atoms with Crippen LogP contribution in [0.15, 0.2) is 6.07 Å². The molecule has 0 bridgehead atoms. The van der Waals surface area contributed by atoms with Gasteiger partial charge >= 0.3 is 5.82 Å². The molecule has 6 nitrogen and oxygen atoms in total. The molecule has 1 heterocycles. The highest BCUT2D eigenvalue weighted by Crippen LogP contribution is 2.25. The smallest absolute Gasteiger partial charge is 0.342 e. The maximum absolute atomic E-state index is 12.4. The first kappa shape index (κ1) is 10.5. The van der Waals surface area contributed by atoms with Gasteiger partial charge in [-0.05, 0) is 11.8 Å². The summed E-state index contributed by atoms with van der Waals surface area (Å²) in [5.74, 6) is -0.461. The molecule has 0 saturated carbocycles. The predicted octanol–water partition coefficient (Wildman–Crippen LogP) is 0.757. The van der Waals surface area contributed by atoms with Crippen molar-refractivity contribution in [1.82, 2.24) is 10.2 Å². The number of nitrogens with one attached hydrogen (secondary N) is 1. The van der Waals surface area contributed by atoms with Crippen molar-refractivity contribution in [2.45, 2.75) is 18.9 Å². The molecular weight excluding hydrogens is 198 g/mol. The number of hydrogen-bond acceptors (Lipinski definition) is 4. The van der Waals surface area contributed by atoms with Crippen LogP contribution in [0.25, 0.3) is 0 Å². The molecule has 0 fully saturated rings. The van der Waals surface area contributed by atoms with Gasteiger partial charge in [0.25, 0.3) is 6.43 Å². The molecular formula is C6H8F2N4O2. The summed E-state index contributed by atoms with van der Waals surface area (Å²) in [6.07, 6.45) is -2.84. The zero-order chi connectivity index (χ0) is 10.9. The lowest BCUT2D eigenvalue weighted by Crippen LogP contribution is -2.41. The maximum atomic E-state index is 12.4. The van der Waals surface area contributed by atoms with E-state index in [0.29, 0.717) is 0 Å². The van der Waals surface area contributed by atoms with E-state index in [1.807, 2.05) is 5.10 Å². The standard InChI is InChI=1S/C6H8F2N4O2/c1-6(9,5(7)8)3-2-4(11-10-3)12(13)14/h2,5H,9H2,1H3,(H,10,11). The summed E-state index contributed by atoms with van der Waals surface area (Å²) in [4.78, 5) is 9.45. The number of nitrogens with zero attached hydrogens (tertiary/aromatic N) is 2. The number of alkyl halides is 2. The Hall–Kier alpha value is -1.57. The van der Waals surface area contributed by atoms with Gasteiger partial charge in [0.15, 0.2) is 0 Å². The van der Waals surface area contributed by atoms with E-state index >= 15 is 0 Å². The Bertz CT molecular complexity index is 349. The molecule has 78 valence electrons. The molecule has 1 aromatic heterocycles. The fourth-order valence-corrected chi connectivity index (χ4v) is 0.793. The van der Waals surface area contributed by atoms with Crippen LogP contribution < -0.4 is 5.73 Å². The summed E-state index contributed by atoms with van der Waals surface area (Å²) >= 11 is 0. The average molecular weight is 206 g/mol. The normalized spacial score (nSPS) is 15.5. The Morgan fingerprint density at radius 2 is 2.36 bits per heavy atom. The van der Waals surface area contributed by atoms with Crippen molar-refractivity contribution in [3.05, 3.63) is 21.9 Å². The molecule has 0 aromatic carbocycles. The summed E-state index contributed by atoms with van der Waals surface area (Å²) in [5, 5.41) is 15.6. The zero-order valence-corrected chi connectivity index (χ0v) is 7.20. The number of H-pyrrole nitrogens is 1. The van der Waals surface area contributed by atoms with Crippen LogP contribution in [0.5, 0.6) is 0 Å². The summed E-state index contributed by atoms with van der Waals surface area (Å²) in [5.41, 5.74) is 3.02. The molecule has 0 amide bonds. The molecule has 1 atom stereocenters. The monoisotopic (exact) mass is 206 g/mol. The fourth-order valence-electron chi connectivity index (χ4n) is 0.793. The van der Waals surface area contributed by atoms with Crippen LogP contribution in [0.4, 0.5) is 14.6 Å². The number of hydrogen-bond donors (Lipinski definition) is 2. The number of halogens is 2. The van der Waals surface area contributed by atoms with Gasteiger partial charge in [-0.15, -0.1) is 5.10 Å². The third-order valence-corrected chi connectivity index (χ3v) is 1.77. The van der Waals surface area contributed by atoms with Crippen molar-refractivity contribution >= 4 is 5.82 Å². The van der Waals surface area contributed by atoms with Gasteiger partial charge in [0, 0.05) is 0 Å². The number of nitro groups is 1. The Morgan fingerprint density at radius 3 is 2.71 bits per heavy atom. The van der Waals surface area contributed by atoms with Crippen LogP contribution in [0.3, 0.4) is 0 Å². The van der Waals surface area contributed by atoms with Crippen molar-refractivity contribution in [2.24, 2.45) is 5.73 Å². The van der Waals surface area contributed by atoms with Gasteiger partial charge in [-0.2, -0.15) is 0 Å². The van der Waals surface area contributed by atoms with Crippen molar-refractivity contribution < 1.29 is 13.7 Å². The van der Waals surface area contributed by atoms with Crippen LogP contribution >= 0.6 is 0 Å². The van der Waals surface area contributed by atoms with Crippen molar-refractivity contribution in [3.8, 4) is 0 Å². The van der Waals surface area contributed by atoms with Crippen LogP contribution in [0, 0.1) is 10.1 Å². The Labute approximate surface area is 77.2 Å². The van der Waals surface area contributed by atoms with Crippen LogP contribution in [-0.2, 0) is 5.54 Å². The van der Waals surface area contributed by atoms with Crippen LogP contribution in [0.2, 0.25) is 0 Å². The molecule has 0 saturated heterocycles. The largest absolute Gasteiger partial charge is 0.358 e. The minimum atomic E-state index is -2.84. The summed E-state index contributed by atoms with van der Waals surface area (Å²) in [6, 6.07) is 0.895. The van der Waals surface area contributed by atoms with E-state index in [4.69, 9.17) is 5.73 Å². The highest BCUT2D eigenvalue weighted by molar-refractivity contribution is 5.25. The van der Waals surface area contributed by atoms with Gasteiger partial charge in [-0.3, -0.25) is 0 Å². The molecule has 3 N–H and O–H groups in total. The molecule has 0 radical (unpaired) electrons. The summed E-state index contributed by atoms with van der Waals surface area (Å²) in [6.45, 7) is 1.05. The third-order valence-electron chi connectivity index (χ3n) is 1.77. The van der Waals surface area contributed by atoms with Crippen LogP contribution in [0.1, 0.15) is 12.6 Å². The Balaban J connectivity index is 3.02. The summed E-state index contributed by atoms with van der Waals surface area (Å²) in [7, 11) is 0. The van der Waals surface area contributed by atoms with E-state index in [2.05, 4.69) is 5.10 Å². The van der Waals surface area contributed by atoms with E-state index < -0.39 is 22.7 Å². The molecule has 0 aliphatic carbocycles. The highest BCUT2D eigenvalue weighted by Gasteiger charge is 2.36. The second kappa shape index (κ2) is 3.29. The van der Waals surface area contributed by atoms with Gasteiger partial charge in [-0.25, -0.2) is 8.78 Å². The average Bonchev–Trinajstić information content (AvgIpc) is 2.51. The summed E-state index contributed by atoms with van der Waals surface area (Å²) < 4.78 is 24.7. The second-order valence-corrected chi connectivity index (χ2v) is 2.98. The van der Waals surface area contributed by atoms with E-state index in [1.165, 1.54) is 0 Å². The number of nitrogens with two attached hydrogens (primary N) is 1. The second-order valence-electron chi connectivity index (χ2n) is 2.98. The van der Waals surface area contributed by atoms with E-state index in [9.17, 15) is 18.9 Å². The van der Waals surface area contributed by atoms with Gasteiger partial charge in [0.1, 0.15) is 11.2 Å². The molecule has 14 heavy (non-hydrogen) atoms. The molecule has 1 unspecified atom stereocenters. The van der Waals surface area contributed by atoms with Crippen LogP contribution in [-0.4, -0.2) is 21.5 Å². The number of aromatic amines is 1. The van der Waals surface area contributed by atoms with Crippen molar-refractivity contribution in [2.75, 3.05) is 0 Å². The van der Waals surface area contributed by atoms with E-state index in [1.54, 1.807) is 0 Å². The lowest BCUT2D eigenvalue weighted by atomic mass is 10.0. The fraction of sp³-hybridized carbons (Fsp3) is 0.500. The number of rotatable bonds is 3. The quantitative estimate of drug-likeness (QED) is 0.563. The third kappa shape index (κ3) is 1.69. The minimum Gasteiger partial charge on any atom is -0.358 e. The van der Waals surface area contributed by atoms with Crippen molar-refractivity contribution in [1.29, 1.82) is 0 Å². The maximum Gasteiger partial charge on any atom is 0.342 e. The minimum absolute atomic E-state index is 0.237. The predicted molar refractivity (Wildman–Crippen MR) is 42.8 cm³/mol. The topological polar surface area (TPSA) is 97.8 Å². The molecule has 0 aliphatic rings. The number of aromatic nitrogens is 2. The molecule has 1 rings (SSSR count). The lowest BCUT2D eigenvalue weighted by molar-refractivity contribution is -0.389. The first-order valence-corrected chi connectivity index (χ1v) is 3.63. The lowest BCUT2D eigenvalue weighted by Gasteiger charge is -2.19. The zero-order valence-electron chi connectivity index (χ0n) is 7.20. The Kier molecular flexibility index (Phi) is 2.47.